The number of amides is 1. The van der Waals surface area contributed by atoms with Crippen LogP contribution in [0.1, 0.15) is 10.4 Å². The van der Waals surface area contributed by atoms with E-state index < -0.39 is 0 Å². The van der Waals surface area contributed by atoms with Crippen LogP contribution in [-0.2, 0) is 0 Å². The van der Waals surface area contributed by atoms with Gasteiger partial charge in [0.2, 0.25) is 5.89 Å². The van der Waals surface area contributed by atoms with Crippen molar-refractivity contribution < 1.29 is 9.21 Å². The average Bonchev–Trinajstić information content (AvgIpc) is 3.17. The van der Waals surface area contributed by atoms with E-state index in [1.54, 1.807) is 6.07 Å². The molecule has 4 nitrogen and oxygen atoms in total. The van der Waals surface area contributed by atoms with Crippen LogP contribution in [0.2, 0.25) is 0 Å². The SMILES string of the molecule is O=C(Nc1ccc2oc(-c3ccc4ccccc4c3)nc2c1)c1ccccc1Br. The fourth-order valence-electron chi connectivity index (χ4n) is 3.29. The summed E-state index contributed by atoms with van der Waals surface area (Å²) in [6, 6.07) is 27.1. The number of benzene rings is 4. The van der Waals surface area contributed by atoms with Crippen molar-refractivity contribution in [2.45, 2.75) is 0 Å². The lowest BCUT2D eigenvalue weighted by molar-refractivity contribution is 0.102. The molecule has 0 aliphatic carbocycles. The first-order chi connectivity index (χ1) is 14.2. The number of halogens is 1. The lowest BCUT2D eigenvalue weighted by atomic mass is 10.1. The molecule has 1 aromatic heterocycles. The third-order valence-corrected chi connectivity index (χ3v) is 5.45. The van der Waals surface area contributed by atoms with Crippen LogP contribution in [-0.4, -0.2) is 10.9 Å². The number of aromatic nitrogens is 1. The summed E-state index contributed by atoms with van der Waals surface area (Å²) in [5.41, 5.74) is 3.52. The molecule has 0 saturated carbocycles. The van der Waals surface area contributed by atoms with Gasteiger partial charge in [-0.15, -0.1) is 0 Å². The molecule has 0 spiro atoms. The molecule has 0 aliphatic rings. The van der Waals surface area contributed by atoms with Gasteiger partial charge in [-0.3, -0.25) is 4.79 Å². The Hall–Kier alpha value is -3.44. The number of anilines is 1. The number of hydrogen-bond donors (Lipinski definition) is 1. The van der Waals surface area contributed by atoms with Gasteiger partial charge < -0.3 is 9.73 Å². The Labute approximate surface area is 175 Å². The van der Waals surface area contributed by atoms with Gasteiger partial charge in [-0.05, 0) is 69.2 Å². The highest BCUT2D eigenvalue weighted by Gasteiger charge is 2.12. The summed E-state index contributed by atoms with van der Waals surface area (Å²) in [5.74, 6) is 0.370. The van der Waals surface area contributed by atoms with Crippen LogP contribution in [0.4, 0.5) is 5.69 Å². The van der Waals surface area contributed by atoms with Crippen molar-refractivity contribution >= 4 is 49.4 Å². The number of carbonyl (C=O) groups excluding carboxylic acids is 1. The Bertz CT molecular complexity index is 1370. The molecule has 1 amide bonds. The molecular weight excluding hydrogens is 428 g/mol. The van der Waals surface area contributed by atoms with Gasteiger partial charge in [0.05, 0.1) is 5.56 Å². The van der Waals surface area contributed by atoms with E-state index in [1.165, 1.54) is 5.39 Å². The molecule has 29 heavy (non-hydrogen) atoms. The second kappa shape index (κ2) is 7.18. The fraction of sp³-hybridized carbons (Fsp3) is 0. The number of oxazole rings is 1. The molecular formula is C24H15BrN2O2. The van der Waals surface area contributed by atoms with Crippen molar-refractivity contribution in [3.8, 4) is 11.5 Å². The predicted octanol–water partition coefficient (Wildman–Crippen LogP) is 6.66. The van der Waals surface area contributed by atoms with Crippen LogP contribution in [0.3, 0.4) is 0 Å². The van der Waals surface area contributed by atoms with Gasteiger partial charge in [0, 0.05) is 15.7 Å². The summed E-state index contributed by atoms with van der Waals surface area (Å²) in [4.78, 5) is 17.2. The highest BCUT2D eigenvalue weighted by Crippen LogP contribution is 2.29. The third kappa shape index (κ3) is 3.41. The molecule has 140 valence electrons. The van der Waals surface area contributed by atoms with E-state index >= 15 is 0 Å². The highest BCUT2D eigenvalue weighted by molar-refractivity contribution is 9.10. The smallest absolute Gasteiger partial charge is 0.256 e. The molecule has 0 atom stereocenters. The number of nitrogens with one attached hydrogen (secondary N) is 1. The molecule has 0 aliphatic heterocycles. The molecule has 1 N–H and O–H groups in total. The van der Waals surface area contributed by atoms with Crippen molar-refractivity contribution in [2.24, 2.45) is 0 Å². The van der Waals surface area contributed by atoms with E-state index in [9.17, 15) is 4.79 Å². The van der Waals surface area contributed by atoms with Gasteiger partial charge in [0.25, 0.3) is 5.91 Å². The molecule has 0 unspecified atom stereocenters. The first-order valence-electron chi connectivity index (χ1n) is 9.13. The van der Waals surface area contributed by atoms with E-state index in [0.29, 0.717) is 28.2 Å². The Balaban J connectivity index is 1.46. The minimum absolute atomic E-state index is 0.185. The maximum atomic E-state index is 12.5. The van der Waals surface area contributed by atoms with Crippen molar-refractivity contribution in [3.63, 3.8) is 0 Å². The van der Waals surface area contributed by atoms with Crippen LogP contribution in [0, 0.1) is 0 Å². The van der Waals surface area contributed by atoms with Crippen molar-refractivity contribution in [1.29, 1.82) is 0 Å². The molecule has 4 aromatic carbocycles. The largest absolute Gasteiger partial charge is 0.436 e. The lowest BCUT2D eigenvalue weighted by Crippen LogP contribution is -2.12. The summed E-state index contributed by atoms with van der Waals surface area (Å²) in [6.45, 7) is 0. The second-order valence-electron chi connectivity index (χ2n) is 6.70. The van der Waals surface area contributed by atoms with E-state index in [2.05, 4.69) is 50.5 Å². The van der Waals surface area contributed by atoms with Gasteiger partial charge in [-0.1, -0.05) is 42.5 Å². The van der Waals surface area contributed by atoms with Crippen LogP contribution in [0.5, 0.6) is 0 Å². The first kappa shape index (κ1) is 17.6. The van der Waals surface area contributed by atoms with E-state index in [1.807, 2.05) is 54.6 Å². The number of rotatable bonds is 3. The molecule has 0 fully saturated rings. The lowest BCUT2D eigenvalue weighted by Gasteiger charge is -2.06. The zero-order chi connectivity index (χ0) is 19.8. The Morgan fingerprint density at radius 2 is 1.66 bits per heavy atom. The summed E-state index contributed by atoms with van der Waals surface area (Å²) in [6.07, 6.45) is 0. The molecule has 5 aromatic rings. The van der Waals surface area contributed by atoms with Crippen LogP contribution in [0.15, 0.2) is 93.8 Å². The quantitative estimate of drug-likeness (QED) is 0.339. The van der Waals surface area contributed by atoms with Gasteiger partial charge >= 0.3 is 0 Å². The van der Waals surface area contributed by atoms with Crippen molar-refractivity contribution in [2.75, 3.05) is 5.32 Å². The summed E-state index contributed by atoms with van der Waals surface area (Å²) < 4.78 is 6.68. The minimum Gasteiger partial charge on any atom is -0.436 e. The van der Waals surface area contributed by atoms with Crippen LogP contribution >= 0.6 is 15.9 Å². The van der Waals surface area contributed by atoms with Gasteiger partial charge in [-0.25, -0.2) is 4.98 Å². The van der Waals surface area contributed by atoms with Crippen molar-refractivity contribution in [1.82, 2.24) is 4.98 Å². The van der Waals surface area contributed by atoms with E-state index in [-0.39, 0.29) is 5.91 Å². The highest BCUT2D eigenvalue weighted by atomic mass is 79.9. The molecule has 0 bridgehead atoms. The van der Waals surface area contributed by atoms with Crippen molar-refractivity contribution in [3.05, 3.63) is 95.0 Å². The molecule has 1 heterocycles. The summed E-state index contributed by atoms with van der Waals surface area (Å²) in [5, 5.41) is 5.22. The van der Waals surface area contributed by atoms with Gasteiger partial charge in [0.1, 0.15) is 5.52 Å². The zero-order valence-electron chi connectivity index (χ0n) is 15.2. The molecule has 0 radical (unpaired) electrons. The standard InChI is InChI=1S/C24H15BrN2O2/c25-20-8-4-3-7-19(20)23(28)26-18-11-12-22-21(14-18)27-24(29-22)17-10-9-15-5-1-2-6-16(15)13-17/h1-14H,(H,26,28). The Morgan fingerprint density at radius 3 is 2.52 bits per heavy atom. The minimum atomic E-state index is -0.185. The Morgan fingerprint density at radius 1 is 0.862 bits per heavy atom. The maximum absolute atomic E-state index is 12.5. The summed E-state index contributed by atoms with van der Waals surface area (Å²) >= 11 is 3.41. The maximum Gasteiger partial charge on any atom is 0.256 e. The zero-order valence-corrected chi connectivity index (χ0v) is 16.8. The van der Waals surface area contributed by atoms with Gasteiger partial charge in [-0.2, -0.15) is 0 Å². The Kier molecular flexibility index (Phi) is 4.37. The average molecular weight is 443 g/mol. The monoisotopic (exact) mass is 442 g/mol. The normalized spacial score (nSPS) is 11.1. The molecule has 5 heteroatoms. The number of fused-ring (bicyclic) bond motifs is 2. The van der Waals surface area contributed by atoms with E-state index in [0.717, 1.165) is 15.4 Å². The van der Waals surface area contributed by atoms with Crippen LogP contribution in [0.25, 0.3) is 33.3 Å². The molecule has 0 saturated heterocycles. The number of nitrogens with zero attached hydrogens (tertiary/aromatic N) is 1. The summed E-state index contributed by atoms with van der Waals surface area (Å²) in [7, 11) is 0. The number of hydrogen-bond acceptors (Lipinski definition) is 3. The predicted molar refractivity (Wildman–Crippen MR) is 119 cm³/mol. The third-order valence-electron chi connectivity index (χ3n) is 4.76. The topological polar surface area (TPSA) is 55.1 Å². The van der Waals surface area contributed by atoms with Crippen LogP contribution < -0.4 is 5.32 Å². The fourth-order valence-corrected chi connectivity index (χ4v) is 3.76. The first-order valence-corrected chi connectivity index (χ1v) is 9.92. The van der Waals surface area contributed by atoms with Gasteiger partial charge in [0.15, 0.2) is 5.58 Å². The molecule has 5 rings (SSSR count). The second-order valence-corrected chi connectivity index (χ2v) is 7.55. The van der Waals surface area contributed by atoms with E-state index in [4.69, 9.17) is 4.42 Å². The number of carbonyl (C=O) groups is 1.